The third-order valence-electron chi connectivity index (χ3n) is 1.79. The Balaban J connectivity index is 0.000000791. The number of nitrogens with two attached hydrogens (primary N) is 1. The third-order valence-corrected chi connectivity index (χ3v) is 2.47. The Hall–Kier alpha value is -0.300. The summed E-state index contributed by atoms with van der Waals surface area (Å²) < 4.78 is 17.6. The number of carbonyl (C=O) groups is 1. The Labute approximate surface area is 86.8 Å². The third kappa shape index (κ3) is 5.43. The maximum absolute atomic E-state index is 11.2. The second-order valence-electron chi connectivity index (χ2n) is 2.95. The van der Waals surface area contributed by atoms with Gasteiger partial charge in [0, 0.05) is 13.1 Å². The highest BCUT2D eigenvalue weighted by atomic mass is 32.3. The maximum atomic E-state index is 11.2. The van der Waals surface area contributed by atoms with Crippen LogP contribution >= 0.6 is 10.8 Å². The molecule has 1 rings (SSSR count). The fraction of sp³-hybridized carbons (Fsp3) is 0.875. The quantitative estimate of drug-likeness (QED) is 0.659. The molecule has 6 heteroatoms. The van der Waals surface area contributed by atoms with Gasteiger partial charge in [-0.1, -0.05) is 13.8 Å². The lowest BCUT2D eigenvalue weighted by molar-refractivity contribution is -0.127. The summed E-state index contributed by atoms with van der Waals surface area (Å²) in [6.07, 6.45) is 1.99. The summed E-state index contributed by atoms with van der Waals surface area (Å²) in [5.41, 5.74) is 0. The molecule has 1 heterocycles. The van der Waals surface area contributed by atoms with Crippen molar-refractivity contribution >= 4 is 16.7 Å². The van der Waals surface area contributed by atoms with E-state index in [1.165, 1.54) is 0 Å². The summed E-state index contributed by atoms with van der Waals surface area (Å²) in [7, 11) is -3.15. The van der Waals surface area contributed by atoms with Crippen molar-refractivity contribution in [2.24, 2.45) is 5.14 Å². The van der Waals surface area contributed by atoms with Gasteiger partial charge in [-0.05, 0) is 12.8 Å². The first-order valence-corrected chi connectivity index (χ1v) is 6.58. The van der Waals surface area contributed by atoms with Crippen LogP contribution in [-0.2, 0) is 4.79 Å². The number of nitrogens with zero attached hydrogens (tertiary/aromatic N) is 1. The molecule has 0 bridgehead atoms. The van der Waals surface area contributed by atoms with Crippen LogP contribution in [0.4, 0.5) is 0 Å². The minimum atomic E-state index is -3.15. The zero-order chi connectivity index (χ0) is 11.2. The van der Waals surface area contributed by atoms with Gasteiger partial charge >= 0.3 is 0 Å². The van der Waals surface area contributed by atoms with E-state index in [0.717, 1.165) is 12.8 Å². The first-order valence-electron chi connectivity index (χ1n) is 4.80. The van der Waals surface area contributed by atoms with Gasteiger partial charge in [-0.15, -0.1) is 10.8 Å². The summed E-state index contributed by atoms with van der Waals surface area (Å²) >= 11 is 0. The molecule has 86 valence electrons. The van der Waals surface area contributed by atoms with Crippen molar-refractivity contribution < 1.29 is 13.9 Å². The Morgan fingerprint density at radius 1 is 1.36 bits per heavy atom. The van der Waals surface area contributed by atoms with Crippen molar-refractivity contribution in [2.75, 3.05) is 18.8 Å². The van der Waals surface area contributed by atoms with Gasteiger partial charge in [0.25, 0.3) is 0 Å². The van der Waals surface area contributed by atoms with E-state index in [1.807, 2.05) is 13.8 Å². The summed E-state index contributed by atoms with van der Waals surface area (Å²) in [5.74, 6) is -0.595. The van der Waals surface area contributed by atoms with Gasteiger partial charge in [0.05, 0.1) is 0 Å². The lowest BCUT2D eigenvalue weighted by Crippen LogP contribution is -2.33. The maximum Gasteiger partial charge on any atom is 0.243 e. The van der Waals surface area contributed by atoms with Crippen LogP contribution in [-0.4, -0.2) is 38.8 Å². The van der Waals surface area contributed by atoms with Crippen molar-refractivity contribution in [3.05, 3.63) is 0 Å². The van der Waals surface area contributed by atoms with Crippen molar-refractivity contribution in [1.82, 2.24) is 4.90 Å². The molecule has 0 aliphatic carbocycles. The Kier molecular flexibility index (Phi) is 6.10. The van der Waals surface area contributed by atoms with Crippen LogP contribution in [0.2, 0.25) is 0 Å². The lowest BCUT2D eigenvalue weighted by atomic mass is 10.4. The van der Waals surface area contributed by atoms with Crippen LogP contribution < -0.4 is 5.14 Å². The second-order valence-corrected chi connectivity index (χ2v) is 4.67. The first kappa shape index (κ1) is 13.7. The number of carbonyl (C=O) groups excluding carboxylic acids is 1. The summed E-state index contributed by atoms with van der Waals surface area (Å²) in [6.45, 7) is 5.43. The standard InChI is InChI=1S/C6H14N2O3S.C2H6/c7-12(10,11)5-6(9)8-3-1-2-4-8;1-2/h10-11H,1-5,7H2;1-2H3. The average Bonchev–Trinajstić information content (AvgIpc) is 2.56. The SMILES string of the molecule is CC.NS(O)(O)CC(=O)N1CCCC1. The molecule has 0 radical (unpaired) electrons. The number of hydrogen-bond acceptors (Lipinski definition) is 4. The zero-order valence-electron chi connectivity index (χ0n) is 8.77. The molecule has 0 aromatic heterocycles. The average molecular weight is 224 g/mol. The Morgan fingerprint density at radius 2 is 1.79 bits per heavy atom. The highest BCUT2D eigenvalue weighted by Crippen LogP contribution is 2.28. The molecule has 0 aromatic carbocycles. The van der Waals surface area contributed by atoms with Crippen LogP contribution in [0.25, 0.3) is 0 Å². The number of hydrogen-bond donors (Lipinski definition) is 3. The molecule has 0 saturated carbocycles. The predicted octanol–water partition coefficient (Wildman–Crippen LogP) is 1.26. The van der Waals surface area contributed by atoms with Gasteiger partial charge in [0.2, 0.25) is 5.91 Å². The number of rotatable bonds is 2. The van der Waals surface area contributed by atoms with Gasteiger partial charge in [0.1, 0.15) is 5.75 Å². The molecule has 1 aliphatic rings. The summed E-state index contributed by atoms with van der Waals surface area (Å²) in [6, 6.07) is 0. The molecule has 1 saturated heterocycles. The van der Waals surface area contributed by atoms with Crippen LogP contribution in [0.5, 0.6) is 0 Å². The Bertz CT molecular complexity index is 176. The molecule has 0 atom stereocenters. The molecule has 0 aromatic rings. The van der Waals surface area contributed by atoms with Gasteiger partial charge < -0.3 is 4.90 Å². The minimum absolute atomic E-state index is 0.255. The molecule has 0 spiro atoms. The van der Waals surface area contributed by atoms with Crippen molar-refractivity contribution in [3.63, 3.8) is 0 Å². The molecule has 14 heavy (non-hydrogen) atoms. The normalized spacial score (nSPS) is 17.4. The van der Waals surface area contributed by atoms with E-state index in [9.17, 15) is 4.79 Å². The van der Waals surface area contributed by atoms with E-state index in [0.29, 0.717) is 13.1 Å². The molecule has 1 aliphatic heterocycles. The van der Waals surface area contributed by atoms with E-state index in [4.69, 9.17) is 14.2 Å². The molecule has 5 nitrogen and oxygen atoms in total. The van der Waals surface area contributed by atoms with Crippen LogP contribution in [0.1, 0.15) is 26.7 Å². The van der Waals surface area contributed by atoms with Gasteiger partial charge in [-0.2, -0.15) is 0 Å². The van der Waals surface area contributed by atoms with Gasteiger partial charge in [-0.3, -0.25) is 13.9 Å². The van der Waals surface area contributed by atoms with Crippen molar-refractivity contribution in [2.45, 2.75) is 26.7 Å². The van der Waals surface area contributed by atoms with Crippen LogP contribution in [0.3, 0.4) is 0 Å². The van der Waals surface area contributed by atoms with E-state index in [2.05, 4.69) is 0 Å². The van der Waals surface area contributed by atoms with E-state index in [1.54, 1.807) is 4.90 Å². The van der Waals surface area contributed by atoms with Gasteiger partial charge in [-0.25, -0.2) is 5.14 Å². The van der Waals surface area contributed by atoms with Crippen molar-refractivity contribution in [3.8, 4) is 0 Å². The lowest BCUT2D eigenvalue weighted by Gasteiger charge is -2.27. The minimum Gasteiger partial charge on any atom is -0.341 e. The van der Waals surface area contributed by atoms with E-state index in [-0.39, 0.29) is 11.7 Å². The molecular formula is C8H20N2O3S. The smallest absolute Gasteiger partial charge is 0.243 e. The zero-order valence-corrected chi connectivity index (χ0v) is 9.59. The van der Waals surface area contributed by atoms with E-state index < -0.39 is 10.8 Å². The first-order chi connectivity index (χ1) is 6.49. The Morgan fingerprint density at radius 3 is 2.14 bits per heavy atom. The molecule has 4 N–H and O–H groups in total. The topological polar surface area (TPSA) is 86.8 Å². The number of likely N-dealkylation sites (tertiary alicyclic amines) is 1. The predicted molar refractivity (Wildman–Crippen MR) is 59.1 cm³/mol. The highest BCUT2D eigenvalue weighted by molar-refractivity contribution is 8.22. The van der Waals surface area contributed by atoms with Gasteiger partial charge in [0.15, 0.2) is 0 Å². The molecule has 1 amide bonds. The molecule has 0 unspecified atom stereocenters. The fourth-order valence-corrected chi connectivity index (χ4v) is 1.79. The largest absolute Gasteiger partial charge is 0.341 e. The summed E-state index contributed by atoms with van der Waals surface area (Å²) in [5, 5.41) is 4.95. The molecule has 1 fully saturated rings. The monoisotopic (exact) mass is 224 g/mol. The summed E-state index contributed by atoms with van der Waals surface area (Å²) in [4.78, 5) is 12.8. The number of amides is 1. The second kappa shape index (κ2) is 6.23. The van der Waals surface area contributed by atoms with Crippen LogP contribution in [0.15, 0.2) is 0 Å². The highest BCUT2D eigenvalue weighted by Gasteiger charge is 2.21. The van der Waals surface area contributed by atoms with E-state index >= 15 is 0 Å². The fourth-order valence-electron chi connectivity index (χ4n) is 1.24. The van der Waals surface area contributed by atoms with Crippen molar-refractivity contribution in [1.29, 1.82) is 0 Å². The molecular weight excluding hydrogens is 204 g/mol. The van der Waals surface area contributed by atoms with Crippen LogP contribution in [0, 0.1) is 0 Å².